The van der Waals surface area contributed by atoms with Crippen molar-refractivity contribution in [2.45, 2.75) is 25.6 Å². The van der Waals surface area contributed by atoms with Gasteiger partial charge in [0.25, 0.3) is 5.91 Å². The largest absolute Gasteiger partial charge is 0.365 e. The SMILES string of the molecule is Cc1ncsc1CN1C[C@H]2OCC(=O)N(c3ccccc3)[C@H]2C1. The molecule has 2 aliphatic heterocycles. The van der Waals surface area contributed by atoms with Crippen molar-refractivity contribution in [1.29, 1.82) is 0 Å². The molecule has 0 saturated carbocycles. The second kappa shape index (κ2) is 6.03. The topological polar surface area (TPSA) is 45.7 Å². The number of aryl methyl sites for hydroxylation is 1. The van der Waals surface area contributed by atoms with Gasteiger partial charge in [0, 0.05) is 30.2 Å². The Morgan fingerprint density at radius 1 is 1.30 bits per heavy atom. The van der Waals surface area contributed by atoms with Gasteiger partial charge < -0.3 is 9.64 Å². The van der Waals surface area contributed by atoms with Crippen LogP contribution in [0.15, 0.2) is 35.8 Å². The van der Waals surface area contributed by atoms with Crippen molar-refractivity contribution in [2.24, 2.45) is 0 Å². The first-order valence-electron chi connectivity index (χ1n) is 7.82. The van der Waals surface area contributed by atoms with Gasteiger partial charge >= 0.3 is 0 Å². The Hall–Kier alpha value is -1.76. The van der Waals surface area contributed by atoms with Crippen molar-refractivity contribution in [3.63, 3.8) is 0 Å². The Labute approximate surface area is 139 Å². The van der Waals surface area contributed by atoms with Crippen LogP contribution in [0, 0.1) is 6.92 Å². The molecule has 0 spiro atoms. The highest BCUT2D eigenvalue weighted by molar-refractivity contribution is 7.09. The molecule has 2 aliphatic rings. The zero-order valence-electron chi connectivity index (χ0n) is 13.0. The summed E-state index contributed by atoms with van der Waals surface area (Å²) in [4.78, 5) is 22.3. The molecule has 120 valence electrons. The highest BCUT2D eigenvalue weighted by atomic mass is 32.1. The van der Waals surface area contributed by atoms with Crippen LogP contribution in [0.2, 0.25) is 0 Å². The maximum atomic E-state index is 12.4. The van der Waals surface area contributed by atoms with Gasteiger partial charge in [-0.1, -0.05) is 18.2 Å². The minimum atomic E-state index is 0.0493. The smallest absolute Gasteiger partial charge is 0.253 e. The van der Waals surface area contributed by atoms with E-state index in [1.807, 2.05) is 47.7 Å². The number of ether oxygens (including phenoxy) is 1. The van der Waals surface area contributed by atoms with Crippen LogP contribution >= 0.6 is 11.3 Å². The normalized spacial score (nSPS) is 24.9. The number of morpholine rings is 1. The van der Waals surface area contributed by atoms with Crippen molar-refractivity contribution in [3.8, 4) is 0 Å². The summed E-state index contributed by atoms with van der Waals surface area (Å²) in [7, 11) is 0. The van der Waals surface area contributed by atoms with Gasteiger partial charge in [-0.15, -0.1) is 11.3 Å². The fraction of sp³-hybridized carbons (Fsp3) is 0.412. The predicted molar refractivity (Wildman–Crippen MR) is 89.6 cm³/mol. The third-order valence-corrected chi connectivity index (χ3v) is 5.50. The van der Waals surface area contributed by atoms with E-state index in [0.717, 1.165) is 31.0 Å². The number of likely N-dealkylation sites (tertiary alicyclic amines) is 1. The number of benzene rings is 1. The first-order chi connectivity index (χ1) is 11.2. The van der Waals surface area contributed by atoms with E-state index in [1.165, 1.54) is 4.88 Å². The molecule has 2 atom stereocenters. The lowest BCUT2D eigenvalue weighted by Crippen LogP contribution is -2.54. The molecule has 1 aromatic carbocycles. The lowest BCUT2D eigenvalue weighted by molar-refractivity contribution is -0.130. The molecule has 0 bridgehead atoms. The standard InChI is InChI=1S/C17H19N3O2S/c1-12-16(23-11-18-12)9-19-7-14-15(8-19)22-10-17(21)20(14)13-5-3-2-4-6-13/h2-6,11,14-15H,7-10H2,1H3/t14-,15+/m0/s1. The van der Waals surface area contributed by atoms with Crippen LogP contribution < -0.4 is 4.90 Å². The zero-order chi connectivity index (χ0) is 15.8. The number of carbonyl (C=O) groups excluding carboxylic acids is 1. The van der Waals surface area contributed by atoms with Crippen molar-refractivity contribution < 1.29 is 9.53 Å². The molecule has 2 aromatic rings. The summed E-state index contributed by atoms with van der Waals surface area (Å²) in [6, 6.07) is 10.00. The summed E-state index contributed by atoms with van der Waals surface area (Å²) in [6.07, 6.45) is 0.0844. The summed E-state index contributed by atoms with van der Waals surface area (Å²) in [6.45, 7) is 4.79. The molecule has 0 unspecified atom stereocenters. The summed E-state index contributed by atoms with van der Waals surface area (Å²) in [5, 5.41) is 0. The molecule has 3 heterocycles. The van der Waals surface area contributed by atoms with E-state index >= 15 is 0 Å². The molecular formula is C17H19N3O2S. The van der Waals surface area contributed by atoms with Crippen LogP contribution in [0.1, 0.15) is 10.6 Å². The van der Waals surface area contributed by atoms with Gasteiger partial charge in [-0.05, 0) is 19.1 Å². The Bertz CT molecular complexity index is 703. The van der Waals surface area contributed by atoms with Crippen molar-refractivity contribution in [1.82, 2.24) is 9.88 Å². The van der Waals surface area contributed by atoms with Gasteiger partial charge in [0.2, 0.25) is 0 Å². The average molecular weight is 329 g/mol. The molecule has 2 fully saturated rings. The number of amides is 1. The molecule has 2 saturated heterocycles. The van der Waals surface area contributed by atoms with Gasteiger partial charge in [-0.3, -0.25) is 9.69 Å². The fourth-order valence-electron chi connectivity index (χ4n) is 3.41. The van der Waals surface area contributed by atoms with Crippen molar-refractivity contribution >= 4 is 22.9 Å². The fourth-order valence-corrected chi connectivity index (χ4v) is 4.23. The Morgan fingerprint density at radius 2 is 2.13 bits per heavy atom. The maximum Gasteiger partial charge on any atom is 0.253 e. The first-order valence-corrected chi connectivity index (χ1v) is 8.70. The number of aromatic nitrogens is 1. The quantitative estimate of drug-likeness (QED) is 0.865. The molecule has 6 heteroatoms. The molecule has 1 aromatic heterocycles. The molecule has 5 nitrogen and oxygen atoms in total. The highest BCUT2D eigenvalue weighted by Gasteiger charge is 2.43. The van der Waals surface area contributed by atoms with Crippen LogP contribution in [-0.2, 0) is 16.1 Å². The molecule has 0 radical (unpaired) electrons. The summed E-state index contributed by atoms with van der Waals surface area (Å²) in [5.74, 6) is 0.0493. The molecule has 1 amide bonds. The van der Waals surface area contributed by atoms with Crippen LogP contribution in [0.25, 0.3) is 0 Å². The van der Waals surface area contributed by atoms with Crippen LogP contribution in [-0.4, -0.2) is 47.6 Å². The second-order valence-corrected chi connectivity index (χ2v) is 7.01. The lowest BCUT2D eigenvalue weighted by atomic mass is 10.1. The summed E-state index contributed by atoms with van der Waals surface area (Å²) in [5.41, 5.74) is 3.96. The highest BCUT2D eigenvalue weighted by Crippen LogP contribution is 2.30. The number of hydrogen-bond acceptors (Lipinski definition) is 5. The van der Waals surface area contributed by atoms with E-state index in [4.69, 9.17) is 4.74 Å². The second-order valence-electron chi connectivity index (χ2n) is 6.07. The van der Waals surface area contributed by atoms with Gasteiger partial charge in [-0.25, -0.2) is 4.98 Å². The average Bonchev–Trinajstić information content (AvgIpc) is 3.15. The molecule has 4 rings (SSSR count). The third-order valence-electron chi connectivity index (χ3n) is 4.58. The first kappa shape index (κ1) is 14.8. The summed E-state index contributed by atoms with van der Waals surface area (Å²) < 4.78 is 5.80. The Balaban J connectivity index is 1.55. The number of thiazole rings is 1. The lowest BCUT2D eigenvalue weighted by Gasteiger charge is -2.36. The molecule has 0 N–H and O–H groups in total. The van der Waals surface area contributed by atoms with Gasteiger partial charge in [0.15, 0.2) is 0 Å². The number of rotatable bonds is 3. The molecular weight excluding hydrogens is 310 g/mol. The van der Waals surface area contributed by atoms with Gasteiger partial charge in [-0.2, -0.15) is 0 Å². The number of nitrogens with zero attached hydrogens (tertiary/aromatic N) is 3. The van der Waals surface area contributed by atoms with Gasteiger partial charge in [0.1, 0.15) is 6.61 Å². The third kappa shape index (κ3) is 2.78. The van der Waals surface area contributed by atoms with Crippen molar-refractivity contribution in [2.75, 3.05) is 24.6 Å². The van der Waals surface area contributed by atoms with Crippen LogP contribution in [0.5, 0.6) is 0 Å². The number of para-hydroxylation sites is 1. The van der Waals surface area contributed by atoms with E-state index in [1.54, 1.807) is 11.3 Å². The zero-order valence-corrected chi connectivity index (χ0v) is 13.8. The van der Waals surface area contributed by atoms with E-state index in [9.17, 15) is 4.79 Å². The number of hydrogen-bond donors (Lipinski definition) is 0. The molecule has 23 heavy (non-hydrogen) atoms. The van der Waals surface area contributed by atoms with E-state index in [-0.39, 0.29) is 24.7 Å². The number of fused-ring (bicyclic) bond motifs is 1. The van der Waals surface area contributed by atoms with E-state index < -0.39 is 0 Å². The summed E-state index contributed by atoms with van der Waals surface area (Å²) >= 11 is 1.69. The maximum absolute atomic E-state index is 12.4. The minimum absolute atomic E-state index is 0.0493. The Morgan fingerprint density at radius 3 is 2.87 bits per heavy atom. The van der Waals surface area contributed by atoms with Gasteiger partial charge in [0.05, 0.1) is 23.4 Å². The van der Waals surface area contributed by atoms with Crippen LogP contribution in [0.3, 0.4) is 0 Å². The molecule has 0 aliphatic carbocycles. The van der Waals surface area contributed by atoms with Crippen LogP contribution in [0.4, 0.5) is 5.69 Å². The van der Waals surface area contributed by atoms with E-state index in [2.05, 4.69) is 9.88 Å². The van der Waals surface area contributed by atoms with E-state index in [0.29, 0.717) is 0 Å². The minimum Gasteiger partial charge on any atom is -0.365 e. The Kier molecular flexibility index (Phi) is 3.88. The monoisotopic (exact) mass is 329 g/mol. The number of carbonyl (C=O) groups is 1. The van der Waals surface area contributed by atoms with Crippen molar-refractivity contribution in [3.05, 3.63) is 46.4 Å². The predicted octanol–water partition coefficient (Wildman–Crippen LogP) is 2.07. The number of anilines is 1.